The third-order valence-electron chi connectivity index (χ3n) is 3.32. The topological polar surface area (TPSA) is 89.9 Å². The fraction of sp³-hybridized carbons (Fsp3) is 0.0714. The maximum absolute atomic E-state index is 13.4. The number of rotatable bonds is 3. The van der Waals surface area contributed by atoms with E-state index in [1.807, 2.05) is 13.0 Å². The summed E-state index contributed by atoms with van der Waals surface area (Å²) in [5, 5.41) is 13.8. The van der Waals surface area contributed by atoms with E-state index in [0.717, 1.165) is 17.7 Å². The molecular weight excluding hydrogens is 291 g/mol. The van der Waals surface area contributed by atoms with Crippen LogP contribution in [0.15, 0.2) is 41.7 Å². The van der Waals surface area contributed by atoms with E-state index in [-0.39, 0.29) is 17.1 Å². The van der Waals surface area contributed by atoms with Gasteiger partial charge in [-0.1, -0.05) is 6.07 Å². The SMILES string of the molecule is Cc1cccn2c(N=O)c(-c3ccc(F)c([N+](=O)[O-])c3)nc12. The van der Waals surface area contributed by atoms with E-state index in [0.29, 0.717) is 5.65 Å². The Balaban J connectivity index is 2.31. The van der Waals surface area contributed by atoms with E-state index in [1.165, 1.54) is 10.5 Å². The summed E-state index contributed by atoms with van der Waals surface area (Å²) in [6.07, 6.45) is 1.62. The molecule has 7 nitrogen and oxygen atoms in total. The summed E-state index contributed by atoms with van der Waals surface area (Å²) < 4.78 is 14.9. The molecule has 0 atom stereocenters. The van der Waals surface area contributed by atoms with Gasteiger partial charge in [-0.05, 0) is 35.9 Å². The number of nitro groups is 1. The van der Waals surface area contributed by atoms with Crippen molar-refractivity contribution in [3.8, 4) is 11.3 Å². The van der Waals surface area contributed by atoms with Crippen LogP contribution < -0.4 is 0 Å². The molecule has 2 heterocycles. The second kappa shape index (κ2) is 4.99. The third kappa shape index (κ3) is 2.01. The molecule has 0 aliphatic carbocycles. The lowest BCUT2D eigenvalue weighted by atomic mass is 10.1. The number of nitroso groups, excluding NO2 is 1. The van der Waals surface area contributed by atoms with Gasteiger partial charge in [-0.15, -0.1) is 4.91 Å². The Kier molecular flexibility index (Phi) is 3.13. The maximum Gasteiger partial charge on any atom is 0.305 e. The highest BCUT2D eigenvalue weighted by molar-refractivity contribution is 5.76. The molecule has 0 spiro atoms. The quantitative estimate of drug-likeness (QED) is 0.418. The molecule has 1 aromatic carbocycles. The lowest BCUT2D eigenvalue weighted by Crippen LogP contribution is -1.93. The van der Waals surface area contributed by atoms with Crippen molar-refractivity contribution in [2.45, 2.75) is 6.92 Å². The van der Waals surface area contributed by atoms with Gasteiger partial charge < -0.3 is 0 Å². The highest BCUT2D eigenvalue weighted by atomic mass is 19.1. The van der Waals surface area contributed by atoms with E-state index in [4.69, 9.17) is 0 Å². The van der Waals surface area contributed by atoms with Gasteiger partial charge in [0.05, 0.1) is 4.92 Å². The smallest absolute Gasteiger partial charge is 0.281 e. The summed E-state index contributed by atoms with van der Waals surface area (Å²) in [6, 6.07) is 6.89. The molecular formula is C14H9FN4O3. The monoisotopic (exact) mass is 300 g/mol. The molecule has 0 saturated heterocycles. The first kappa shape index (κ1) is 13.8. The number of hydrogen-bond acceptors (Lipinski definition) is 5. The highest BCUT2D eigenvalue weighted by Crippen LogP contribution is 2.34. The van der Waals surface area contributed by atoms with Crippen molar-refractivity contribution in [3.63, 3.8) is 0 Å². The zero-order valence-corrected chi connectivity index (χ0v) is 11.4. The van der Waals surface area contributed by atoms with Crippen LogP contribution in [-0.4, -0.2) is 14.3 Å². The van der Waals surface area contributed by atoms with Crippen molar-refractivity contribution < 1.29 is 9.31 Å². The summed E-state index contributed by atoms with van der Waals surface area (Å²) in [5.74, 6) is -0.936. The van der Waals surface area contributed by atoms with Crippen LogP contribution in [0.3, 0.4) is 0 Å². The van der Waals surface area contributed by atoms with Gasteiger partial charge in [0, 0.05) is 17.8 Å². The zero-order valence-electron chi connectivity index (χ0n) is 11.4. The first-order valence-electron chi connectivity index (χ1n) is 6.28. The summed E-state index contributed by atoms with van der Waals surface area (Å²) in [7, 11) is 0. The normalized spacial score (nSPS) is 10.8. The summed E-state index contributed by atoms with van der Waals surface area (Å²) in [4.78, 5) is 25.5. The minimum atomic E-state index is -0.950. The van der Waals surface area contributed by atoms with Crippen LogP contribution in [0, 0.1) is 27.8 Å². The average Bonchev–Trinajstić information content (AvgIpc) is 2.87. The van der Waals surface area contributed by atoms with Gasteiger partial charge in [0.25, 0.3) is 0 Å². The summed E-state index contributed by atoms with van der Waals surface area (Å²) >= 11 is 0. The predicted octanol–water partition coefficient (Wildman–Crippen LogP) is 3.75. The van der Waals surface area contributed by atoms with E-state index in [9.17, 15) is 19.4 Å². The Hall–Kier alpha value is -3.16. The van der Waals surface area contributed by atoms with Gasteiger partial charge >= 0.3 is 5.69 Å². The minimum absolute atomic E-state index is 0.0135. The highest BCUT2D eigenvalue weighted by Gasteiger charge is 2.20. The molecule has 110 valence electrons. The van der Waals surface area contributed by atoms with E-state index in [2.05, 4.69) is 10.2 Å². The molecule has 22 heavy (non-hydrogen) atoms. The molecule has 0 aliphatic heterocycles. The Bertz CT molecular complexity index is 920. The molecule has 8 heteroatoms. The number of imidazole rings is 1. The number of benzene rings is 1. The van der Waals surface area contributed by atoms with Crippen LogP contribution in [0.25, 0.3) is 16.9 Å². The van der Waals surface area contributed by atoms with Crippen molar-refractivity contribution in [3.05, 3.63) is 62.9 Å². The van der Waals surface area contributed by atoms with E-state index >= 15 is 0 Å². The molecule has 0 amide bonds. The van der Waals surface area contributed by atoms with Crippen LogP contribution in [-0.2, 0) is 0 Å². The number of fused-ring (bicyclic) bond motifs is 1. The molecule has 0 saturated carbocycles. The van der Waals surface area contributed by atoms with Gasteiger partial charge in [-0.2, -0.15) is 4.39 Å². The fourth-order valence-corrected chi connectivity index (χ4v) is 2.27. The van der Waals surface area contributed by atoms with Gasteiger partial charge in [-0.25, -0.2) is 4.98 Å². The first-order chi connectivity index (χ1) is 10.5. The van der Waals surface area contributed by atoms with Crippen molar-refractivity contribution in [1.29, 1.82) is 0 Å². The predicted molar refractivity (Wildman–Crippen MR) is 77.4 cm³/mol. The van der Waals surface area contributed by atoms with Crippen molar-refractivity contribution >= 4 is 17.2 Å². The molecule has 0 N–H and O–H groups in total. The van der Waals surface area contributed by atoms with E-state index in [1.54, 1.807) is 12.3 Å². The second-order valence-electron chi connectivity index (χ2n) is 4.68. The number of halogens is 1. The lowest BCUT2D eigenvalue weighted by molar-refractivity contribution is -0.387. The Morgan fingerprint density at radius 3 is 2.82 bits per heavy atom. The fourth-order valence-electron chi connectivity index (χ4n) is 2.27. The van der Waals surface area contributed by atoms with Crippen LogP contribution in [0.1, 0.15) is 5.56 Å². The molecule has 0 aliphatic rings. The number of nitrogens with zero attached hydrogens (tertiary/aromatic N) is 4. The Morgan fingerprint density at radius 1 is 1.36 bits per heavy atom. The van der Waals surface area contributed by atoms with Crippen LogP contribution in [0.2, 0.25) is 0 Å². The van der Waals surface area contributed by atoms with Crippen LogP contribution in [0.5, 0.6) is 0 Å². The number of pyridine rings is 1. The molecule has 2 aromatic heterocycles. The van der Waals surface area contributed by atoms with Crippen LogP contribution in [0.4, 0.5) is 15.9 Å². The third-order valence-corrected chi connectivity index (χ3v) is 3.32. The molecule has 0 radical (unpaired) electrons. The Labute approximate surface area is 123 Å². The van der Waals surface area contributed by atoms with Gasteiger partial charge in [0.15, 0.2) is 0 Å². The van der Waals surface area contributed by atoms with Crippen molar-refractivity contribution in [2.75, 3.05) is 0 Å². The lowest BCUT2D eigenvalue weighted by Gasteiger charge is -1.99. The van der Waals surface area contributed by atoms with Crippen LogP contribution >= 0.6 is 0 Å². The molecule has 0 unspecified atom stereocenters. The minimum Gasteiger partial charge on any atom is -0.281 e. The largest absolute Gasteiger partial charge is 0.305 e. The number of aromatic nitrogens is 2. The molecule has 0 fully saturated rings. The number of aryl methyl sites for hydroxylation is 1. The number of nitro benzene ring substituents is 1. The zero-order chi connectivity index (χ0) is 15.9. The summed E-state index contributed by atoms with van der Waals surface area (Å²) in [5.41, 5.74) is 1.08. The second-order valence-corrected chi connectivity index (χ2v) is 4.68. The standard InChI is InChI=1S/C14H9FN4O3/c1-8-3-2-6-18-13(8)16-12(14(18)17-20)9-4-5-10(15)11(7-9)19(21)22/h2-7H,1H3. The molecule has 0 bridgehead atoms. The first-order valence-corrected chi connectivity index (χ1v) is 6.28. The summed E-state index contributed by atoms with van der Waals surface area (Å²) in [6.45, 7) is 1.81. The van der Waals surface area contributed by atoms with Crippen molar-refractivity contribution in [2.24, 2.45) is 5.18 Å². The van der Waals surface area contributed by atoms with Gasteiger partial charge in [0.1, 0.15) is 11.3 Å². The maximum atomic E-state index is 13.4. The molecule has 3 rings (SSSR count). The van der Waals surface area contributed by atoms with Gasteiger partial charge in [0.2, 0.25) is 11.6 Å². The van der Waals surface area contributed by atoms with E-state index < -0.39 is 16.4 Å². The van der Waals surface area contributed by atoms with Crippen molar-refractivity contribution in [1.82, 2.24) is 9.38 Å². The number of hydrogen-bond donors (Lipinski definition) is 0. The molecule has 3 aromatic rings. The Morgan fingerprint density at radius 2 is 2.14 bits per heavy atom. The van der Waals surface area contributed by atoms with Gasteiger partial charge in [-0.3, -0.25) is 14.5 Å². The average molecular weight is 300 g/mol.